The van der Waals surface area contributed by atoms with Gasteiger partial charge in [-0.2, -0.15) is 0 Å². The monoisotopic (exact) mass is 458 g/mol. The molecular weight excluding hydrogens is 428 g/mol. The van der Waals surface area contributed by atoms with E-state index in [0.717, 1.165) is 12.8 Å². The van der Waals surface area contributed by atoms with E-state index in [1.165, 1.54) is 7.11 Å². The van der Waals surface area contributed by atoms with Crippen LogP contribution in [0.15, 0.2) is 23.8 Å². The molecule has 1 heterocycles. The summed E-state index contributed by atoms with van der Waals surface area (Å²) >= 11 is 0. The van der Waals surface area contributed by atoms with Gasteiger partial charge in [-0.15, -0.1) is 0 Å². The first-order valence-corrected chi connectivity index (χ1v) is 11.4. The molecule has 2 amide bonds. The number of hydrogen-bond donors (Lipinski definition) is 3. The van der Waals surface area contributed by atoms with Crippen LogP contribution in [-0.2, 0) is 9.59 Å². The number of carbonyl (C=O) groups excluding carboxylic acids is 3. The Hall–Kier alpha value is -2.91. The summed E-state index contributed by atoms with van der Waals surface area (Å²) in [5.74, 6) is -0.0810. The number of hydrogen-bond acceptors (Lipinski definition) is 7. The molecule has 0 saturated heterocycles. The van der Waals surface area contributed by atoms with Crippen LogP contribution in [0.5, 0.6) is 11.5 Å². The summed E-state index contributed by atoms with van der Waals surface area (Å²) in [5, 5.41) is 23.2. The Morgan fingerprint density at radius 1 is 1.33 bits per heavy atom. The van der Waals surface area contributed by atoms with Crippen molar-refractivity contribution >= 4 is 18.1 Å². The van der Waals surface area contributed by atoms with Crippen LogP contribution in [0.1, 0.15) is 48.0 Å². The molecule has 3 N–H and O–H groups in total. The molecule has 0 bridgehead atoms. The molecule has 0 spiro atoms. The van der Waals surface area contributed by atoms with Crippen molar-refractivity contribution in [3.8, 4) is 11.5 Å². The van der Waals surface area contributed by atoms with E-state index in [9.17, 15) is 24.6 Å². The topological polar surface area (TPSA) is 125 Å². The van der Waals surface area contributed by atoms with Gasteiger partial charge in [0.2, 0.25) is 11.8 Å². The van der Waals surface area contributed by atoms with Crippen LogP contribution in [0, 0.1) is 5.92 Å². The van der Waals surface area contributed by atoms with E-state index in [2.05, 4.69) is 5.32 Å². The van der Waals surface area contributed by atoms with Gasteiger partial charge in [-0.1, -0.05) is 6.92 Å². The first-order chi connectivity index (χ1) is 15.9. The van der Waals surface area contributed by atoms with E-state index in [1.807, 2.05) is 0 Å². The minimum absolute atomic E-state index is 0.0614. The predicted octanol–water partition coefficient (Wildman–Crippen LogP) is 0.779. The zero-order valence-corrected chi connectivity index (χ0v) is 18.8. The van der Waals surface area contributed by atoms with Gasteiger partial charge in [0.15, 0.2) is 11.5 Å². The van der Waals surface area contributed by atoms with E-state index < -0.39 is 30.1 Å². The number of rotatable bonds is 9. The summed E-state index contributed by atoms with van der Waals surface area (Å²) in [6.45, 7) is 2.12. The third-order valence-corrected chi connectivity index (χ3v) is 6.55. The molecular formula is C24H30N2O7. The molecule has 1 fully saturated rings. The van der Waals surface area contributed by atoms with Crippen molar-refractivity contribution in [3.05, 3.63) is 34.9 Å². The van der Waals surface area contributed by atoms with Crippen molar-refractivity contribution in [2.45, 2.75) is 50.4 Å². The second-order valence-electron chi connectivity index (χ2n) is 8.75. The lowest BCUT2D eigenvalue weighted by Gasteiger charge is -2.40. The zero-order chi connectivity index (χ0) is 23.7. The summed E-state index contributed by atoms with van der Waals surface area (Å²) < 4.78 is 11.6. The molecule has 1 aliphatic heterocycles. The molecule has 4 atom stereocenters. The summed E-state index contributed by atoms with van der Waals surface area (Å²) in [5.41, 5.74) is 1.26. The average molecular weight is 459 g/mol. The molecule has 9 nitrogen and oxygen atoms in total. The number of aldehydes is 1. The molecule has 2 aliphatic carbocycles. The van der Waals surface area contributed by atoms with Crippen molar-refractivity contribution in [3.63, 3.8) is 0 Å². The number of methoxy groups -OCH3 is 1. The third kappa shape index (κ3) is 4.35. The number of benzene rings is 1. The van der Waals surface area contributed by atoms with Gasteiger partial charge in [0.05, 0.1) is 25.7 Å². The van der Waals surface area contributed by atoms with Crippen molar-refractivity contribution in [2.24, 2.45) is 5.92 Å². The number of fused-ring (bicyclic) bond motifs is 3. The second kappa shape index (κ2) is 9.52. The number of ether oxygens (including phenoxy) is 2. The highest BCUT2D eigenvalue weighted by molar-refractivity contribution is 5.96. The minimum atomic E-state index is -1.09. The molecule has 0 radical (unpaired) electrons. The first-order valence-electron chi connectivity index (χ1n) is 11.4. The zero-order valence-electron chi connectivity index (χ0n) is 18.8. The highest BCUT2D eigenvalue weighted by Crippen LogP contribution is 2.51. The minimum Gasteiger partial charge on any atom is -0.493 e. The van der Waals surface area contributed by atoms with Gasteiger partial charge in [0.25, 0.3) is 0 Å². The lowest BCUT2D eigenvalue weighted by Crippen LogP contribution is -2.56. The quantitative estimate of drug-likeness (QED) is 0.467. The van der Waals surface area contributed by atoms with Crippen LogP contribution in [-0.4, -0.2) is 78.3 Å². The predicted molar refractivity (Wildman–Crippen MR) is 118 cm³/mol. The number of carbonyl (C=O) groups is 3. The van der Waals surface area contributed by atoms with Crippen LogP contribution in [0.4, 0.5) is 0 Å². The summed E-state index contributed by atoms with van der Waals surface area (Å²) in [7, 11) is 1.46. The molecule has 9 heteroatoms. The number of nitrogens with zero attached hydrogens (tertiary/aromatic N) is 1. The lowest BCUT2D eigenvalue weighted by atomic mass is 9.77. The Balaban J connectivity index is 1.80. The van der Waals surface area contributed by atoms with E-state index in [0.29, 0.717) is 46.9 Å². The number of nitrogens with one attached hydrogen (secondary N) is 1. The first kappa shape index (κ1) is 23.3. The SMILES string of the molecule is CCC(=O)N(CC1CC1)[C@@H]1C=C(C(=O)NCCO)[C@@H]2c3cc(C=O)cc(OC)c3O[C@@H]2[C@H]1O. The van der Waals surface area contributed by atoms with Gasteiger partial charge in [-0.05, 0) is 37.0 Å². The van der Waals surface area contributed by atoms with Crippen molar-refractivity contribution in [1.29, 1.82) is 0 Å². The van der Waals surface area contributed by atoms with Gasteiger partial charge in [0, 0.05) is 36.2 Å². The Bertz CT molecular complexity index is 972. The smallest absolute Gasteiger partial charge is 0.247 e. The molecule has 0 unspecified atom stereocenters. The standard InChI is InChI=1S/C24H30N2O7/c1-3-19(29)26(11-13-4-5-13)17-10-16(24(31)25-6-7-27)20-15-8-14(12-28)9-18(32-2)22(15)33-23(20)21(17)30/h8-10,12-13,17,20-21,23,27,30H,3-7,11H2,1-2H3,(H,25,31)/t17-,20+,21+,23+/m1/s1. The number of amides is 2. The highest BCUT2D eigenvalue weighted by atomic mass is 16.5. The maximum absolute atomic E-state index is 13.1. The summed E-state index contributed by atoms with van der Waals surface area (Å²) in [4.78, 5) is 39.1. The van der Waals surface area contributed by atoms with Gasteiger partial charge in [0.1, 0.15) is 18.5 Å². The van der Waals surface area contributed by atoms with E-state index >= 15 is 0 Å². The fourth-order valence-corrected chi connectivity index (χ4v) is 4.73. The Kier molecular flexibility index (Phi) is 6.71. The Labute approximate surface area is 192 Å². The summed E-state index contributed by atoms with van der Waals surface area (Å²) in [6.07, 6.45) is 2.74. The average Bonchev–Trinajstić information content (AvgIpc) is 3.57. The van der Waals surface area contributed by atoms with Gasteiger partial charge in [-0.3, -0.25) is 14.4 Å². The van der Waals surface area contributed by atoms with E-state index in [4.69, 9.17) is 9.47 Å². The third-order valence-electron chi connectivity index (χ3n) is 6.55. The Morgan fingerprint density at radius 2 is 2.09 bits per heavy atom. The van der Waals surface area contributed by atoms with Crippen molar-refractivity contribution < 1.29 is 34.1 Å². The fraction of sp³-hybridized carbons (Fsp3) is 0.542. The maximum atomic E-state index is 13.1. The molecule has 33 heavy (non-hydrogen) atoms. The normalized spacial score (nSPS) is 25.3. The van der Waals surface area contributed by atoms with Crippen LogP contribution >= 0.6 is 0 Å². The fourth-order valence-electron chi connectivity index (χ4n) is 4.73. The van der Waals surface area contributed by atoms with E-state index in [-0.39, 0.29) is 25.5 Å². The molecule has 1 aromatic carbocycles. The number of aliphatic hydroxyl groups is 2. The van der Waals surface area contributed by atoms with Crippen LogP contribution in [0.25, 0.3) is 0 Å². The molecule has 1 aromatic rings. The Morgan fingerprint density at radius 3 is 2.70 bits per heavy atom. The molecule has 178 valence electrons. The molecule has 4 rings (SSSR count). The van der Waals surface area contributed by atoms with Crippen molar-refractivity contribution in [2.75, 3.05) is 26.8 Å². The van der Waals surface area contributed by atoms with Crippen molar-refractivity contribution in [1.82, 2.24) is 10.2 Å². The summed E-state index contributed by atoms with van der Waals surface area (Å²) in [6, 6.07) is 2.44. The molecule has 1 saturated carbocycles. The van der Waals surface area contributed by atoms with Crippen LogP contribution in [0.3, 0.4) is 0 Å². The van der Waals surface area contributed by atoms with Crippen LogP contribution in [0.2, 0.25) is 0 Å². The number of aliphatic hydroxyl groups excluding tert-OH is 2. The maximum Gasteiger partial charge on any atom is 0.247 e. The molecule has 3 aliphatic rings. The van der Waals surface area contributed by atoms with Gasteiger partial charge < -0.3 is 29.9 Å². The van der Waals surface area contributed by atoms with Gasteiger partial charge in [-0.25, -0.2) is 0 Å². The second-order valence-corrected chi connectivity index (χ2v) is 8.75. The van der Waals surface area contributed by atoms with Gasteiger partial charge >= 0.3 is 0 Å². The van der Waals surface area contributed by atoms with Crippen LogP contribution < -0.4 is 14.8 Å². The molecule has 0 aromatic heterocycles. The lowest BCUT2D eigenvalue weighted by molar-refractivity contribution is -0.137. The highest BCUT2D eigenvalue weighted by Gasteiger charge is 2.51. The largest absolute Gasteiger partial charge is 0.493 e. The van der Waals surface area contributed by atoms with E-state index in [1.54, 1.807) is 30.0 Å².